The summed E-state index contributed by atoms with van der Waals surface area (Å²) in [5, 5.41) is 4.49. The van der Waals surface area contributed by atoms with Crippen molar-refractivity contribution in [1.29, 1.82) is 0 Å². The topological polar surface area (TPSA) is 12.0 Å². The zero-order valence-electron chi connectivity index (χ0n) is 10.6. The highest BCUT2D eigenvalue weighted by atomic mass is 35.5. The average molecular weight is 282 g/mol. The molecule has 1 nitrogen and oxygen atoms in total. The third kappa shape index (κ3) is 4.34. The molecule has 1 aromatic carbocycles. The summed E-state index contributed by atoms with van der Waals surface area (Å²) < 4.78 is 0. The first-order chi connectivity index (χ1) is 8.81. The van der Waals surface area contributed by atoms with Crippen LogP contribution in [0, 0.1) is 5.92 Å². The lowest BCUT2D eigenvalue weighted by Gasteiger charge is -2.18. The van der Waals surface area contributed by atoms with Crippen LogP contribution >= 0.6 is 23.4 Å². The van der Waals surface area contributed by atoms with Crippen molar-refractivity contribution in [3.05, 3.63) is 47.5 Å². The van der Waals surface area contributed by atoms with E-state index in [9.17, 15) is 0 Å². The van der Waals surface area contributed by atoms with E-state index in [0.29, 0.717) is 6.04 Å². The van der Waals surface area contributed by atoms with Gasteiger partial charge >= 0.3 is 0 Å². The van der Waals surface area contributed by atoms with E-state index in [1.165, 1.54) is 18.4 Å². The third-order valence-electron chi connectivity index (χ3n) is 3.17. The number of nitrogens with one attached hydrogen (secondary N) is 1. The zero-order valence-corrected chi connectivity index (χ0v) is 12.1. The summed E-state index contributed by atoms with van der Waals surface area (Å²) in [6.07, 6.45) is 4.66. The van der Waals surface area contributed by atoms with E-state index < -0.39 is 0 Å². The molecule has 0 radical (unpaired) electrons. The molecule has 0 aromatic heterocycles. The molecule has 0 bridgehead atoms. The molecule has 0 heterocycles. The molecule has 18 heavy (non-hydrogen) atoms. The van der Waals surface area contributed by atoms with Gasteiger partial charge in [0.2, 0.25) is 0 Å². The van der Waals surface area contributed by atoms with E-state index in [2.05, 4.69) is 24.0 Å². The first-order valence-electron chi connectivity index (χ1n) is 6.48. The highest BCUT2D eigenvalue weighted by Crippen LogP contribution is 2.41. The highest BCUT2D eigenvalue weighted by Gasteiger charge is 2.31. The number of benzene rings is 1. The number of halogens is 1. The SMILES string of the molecule is C=CCSCCNC(c1ccc(Cl)cc1)C1CC1. The Labute approximate surface area is 119 Å². The zero-order chi connectivity index (χ0) is 12.8. The molecule has 0 aliphatic heterocycles. The molecular formula is C15H20ClNS. The minimum atomic E-state index is 0.506. The van der Waals surface area contributed by atoms with Crippen molar-refractivity contribution in [2.75, 3.05) is 18.1 Å². The first kappa shape index (κ1) is 14.0. The summed E-state index contributed by atoms with van der Waals surface area (Å²) >= 11 is 7.86. The predicted molar refractivity (Wildman–Crippen MR) is 82.4 cm³/mol. The standard InChI is InChI=1S/C15H20ClNS/c1-2-10-18-11-9-17-15(12-3-4-12)13-5-7-14(16)8-6-13/h2,5-8,12,15,17H,1,3-4,9-11H2. The Morgan fingerprint density at radius 3 is 2.72 bits per heavy atom. The van der Waals surface area contributed by atoms with Crippen LogP contribution in [0.3, 0.4) is 0 Å². The lowest BCUT2D eigenvalue weighted by atomic mass is 10.0. The smallest absolute Gasteiger partial charge is 0.0406 e. The predicted octanol–water partition coefficient (Wildman–Crippen LogP) is 4.30. The van der Waals surface area contributed by atoms with Gasteiger partial charge in [-0.05, 0) is 36.5 Å². The average Bonchev–Trinajstić information content (AvgIpc) is 3.20. The second kappa shape index (κ2) is 7.22. The second-order valence-corrected chi connectivity index (χ2v) is 6.27. The fraction of sp³-hybridized carbons (Fsp3) is 0.467. The summed E-state index contributed by atoms with van der Waals surface area (Å²) in [5.74, 6) is 3.00. The molecule has 98 valence electrons. The van der Waals surface area contributed by atoms with E-state index in [1.54, 1.807) is 0 Å². The van der Waals surface area contributed by atoms with Crippen LogP contribution in [0.5, 0.6) is 0 Å². The van der Waals surface area contributed by atoms with Crippen molar-refractivity contribution in [2.24, 2.45) is 5.92 Å². The van der Waals surface area contributed by atoms with Crippen LogP contribution in [-0.4, -0.2) is 18.1 Å². The van der Waals surface area contributed by atoms with Gasteiger partial charge in [-0.1, -0.05) is 29.8 Å². The third-order valence-corrected chi connectivity index (χ3v) is 4.39. The van der Waals surface area contributed by atoms with Crippen LogP contribution in [0.2, 0.25) is 5.02 Å². The van der Waals surface area contributed by atoms with Crippen molar-refractivity contribution in [2.45, 2.75) is 18.9 Å². The van der Waals surface area contributed by atoms with Gasteiger partial charge in [0, 0.05) is 29.1 Å². The normalized spacial score (nSPS) is 16.5. The Hall–Kier alpha value is -0.440. The molecule has 1 saturated carbocycles. The van der Waals surface area contributed by atoms with E-state index in [0.717, 1.165) is 29.0 Å². The summed E-state index contributed by atoms with van der Waals surface area (Å²) in [4.78, 5) is 0. The molecule has 0 amide bonds. The fourth-order valence-electron chi connectivity index (χ4n) is 2.11. The molecule has 1 aliphatic carbocycles. The lowest BCUT2D eigenvalue weighted by Crippen LogP contribution is -2.25. The summed E-state index contributed by atoms with van der Waals surface area (Å²) in [5.41, 5.74) is 1.37. The number of hydrogen-bond acceptors (Lipinski definition) is 2. The molecule has 1 atom stereocenters. The summed E-state index contributed by atoms with van der Waals surface area (Å²) in [6, 6.07) is 8.78. The highest BCUT2D eigenvalue weighted by molar-refractivity contribution is 7.99. The largest absolute Gasteiger partial charge is 0.309 e. The molecule has 1 unspecified atom stereocenters. The minimum Gasteiger partial charge on any atom is -0.309 e. The van der Waals surface area contributed by atoms with Gasteiger partial charge in [0.05, 0.1) is 0 Å². The van der Waals surface area contributed by atoms with E-state index >= 15 is 0 Å². The quantitative estimate of drug-likeness (QED) is 0.563. The molecule has 0 saturated heterocycles. The van der Waals surface area contributed by atoms with Crippen molar-refractivity contribution in [1.82, 2.24) is 5.32 Å². The van der Waals surface area contributed by atoms with Crippen LogP contribution in [0.1, 0.15) is 24.4 Å². The van der Waals surface area contributed by atoms with E-state index in [-0.39, 0.29) is 0 Å². The Kier molecular flexibility index (Phi) is 5.61. The van der Waals surface area contributed by atoms with Gasteiger partial charge in [-0.15, -0.1) is 6.58 Å². The van der Waals surface area contributed by atoms with Crippen LogP contribution in [0.15, 0.2) is 36.9 Å². The Balaban J connectivity index is 1.84. The molecule has 1 aromatic rings. The van der Waals surface area contributed by atoms with Gasteiger partial charge < -0.3 is 5.32 Å². The van der Waals surface area contributed by atoms with Crippen LogP contribution < -0.4 is 5.32 Å². The molecule has 3 heteroatoms. The molecule has 1 N–H and O–H groups in total. The molecule has 1 fully saturated rings. The first-order valence-corrected chi connectivity index (χ1v) is 8.02. The Morgan fingerprint density at radius 1 is 1.39 bits per heavy atom. The molecule has 2 rings (SSSR count). The van der Waals surface area contributed by atoms with Crippen molar-refractivity contribution >= 4 is 23.4 Å². The number of rotatable bonds is 8. The minimum absolute atomic E-state index is 0.506. The van der Waals surface area contributed by atoms with Gasteiger partial charge in [0.15, 0.2) is 0 Å². The van der Waals surface area contributed by atoms with Crippen molar-refractivity contribution < 1.29 is 0 Å². The fourth-order valence-corrected chi connectivity index (χ4v) is 2.83. The number of hydrogen-bond donors (Lipinski definition) is 1. The van der Waals surface area contributed by atoms with Gasteiger partial charge in [-0.3, -0.25) is 0 Å². The van der Waals surface area contributed by atoms with Gasteiger partial charge in [-0.2, -0.15) is 11.8 Å². The van der Waals surface area contributed by atoms with Gasteiger partial charge in [-0.25, -0.2) is 0 Å². The molecule has 1 aliphatic rings. The van der Waals surface area contributed by atoms with E-state index in [1.807, 2.05) is 30.0 Å². The van der Waals surface area contributed by atoms with Crippen molar-refractivity contribution in [3.8, 4) is 0 Å². The summed E-state index contributed by atoms with van der Waals surface area (Å²) in [7, 11) is 0. The van der Waals surface area contributed by atoms with Crippen molar-refractivity contribution in [3.63, 3.8) is 0 Å². The van der Waals surface area contributed by atoms with Crippen LogP contribution in [-0.2, 0) is 0 Å². The number of thioether (sulfide) groups is 1. The summed E-state index contributed by atoms with van der Waals surface area (Å²) in [6.45, 7) is 4.79. The maximum Gasteiger partial charge on any atom is 0.0406 e. The van der Waals surface area contributed by atoms with E-state index in [4.69, 9.17) is 11.6 Å². The van der Waals surface area contributed by atoms with Crippen LogP contribution in [0.4, 0.5) is 0 Å². The monoisotopic (exact) mass is 281 g/mol. The lowest BCUT2D eigenvalue weighted by molar-refractivity contribution is 0.498. The van der Waals surface area contributed by atoms with Crippen LogP contribution in [0.25, 0.3) is 0 Å². The maximum atomic E-state index is 5.94. The molecule has 0 spiro atoms. The van der Waals surface area contributed by atoms with Gasteiger partial charge in [0.25, 0.3) is 0 Å². The van der Waals surface area contributed by atoms with Gasteiger partial charge in [0.1, 0.15) is 0 Å². The Bertz CT molecular complexity index is 373. The second-order valence-electron chi connectivity index (χ2n) is 4.68. The Morgan fingerprint density at radius 2 is 2.11 bits per heavy atom. The maximum absolute atomic E-state index is 5.94. The molecular weight excluding hydrogens is 262 g/mol.